The number of nitrogens with one attached hydrogen (secondary N) is 1. The average molecular weight is 301 g/mol. The molecule has 1 atom stereocenters. The van der Waals surface area contributed by atoms with E-state index in [0.717, 1.165) is 37.9 Å². The first-order chi connectivity index (χ1) is 10.1. The van der Waals surface area contributed by atoms with Crippen molar-refractivity contribution in [2.24, 2.45) is 5.92 Å². The summed E-state index contributed by atoms with van der Waals surface area (Å²) >= 11 is 0. The Hall–Kier alpha value is -0.910. The Morgan fingerprint density at radius 3 is 2.57 bits per heavy atom. The molecule has 0 aromatic heterocycles. The fourth-order valence-electron chi connectivity index (χ4n) is 1.98. The molecule has 124 valence electrons. The van der Waals surface area contributed by atoms with Crippen LogP contribution in [-0.2, 0) is 9.53 Å². The van der Waals surface area contributed by atoms with E-state index in [2.05, 4.69) is 11.9 Å². The predicted molar refractivity (Wildman–Crippen MR) is 84.0 cm³/mol. The zero-order valence-corrected chi connectivity index (χ0v) is 13.3. The van der Waals surface area contributed by atoms with Crippen molar-refractivity contribution in [1.82, 2.24) is 5.32 Å². The topological polar surface area (TPSA) is 78.8 Å². The number of ketones is 1. The number of carbonyl (C=O) groups excluding carboxylic acids is 1. The van der Waals surface area contributed by atoms with Crippen LogP contribution >= 0.6 is 0 Å². The minimum atomic E-state index is 0.164. The summed E-state index contributed by atoms with van der Waals surface area (Å²) in [5.74, 6) is 0.500. The summed E-state index contributed by atoms with van der Waals surface area (Å²) in [6, 6.07) is 0. The number of rotatable bonds is 15. The van der Waals surface area contributed by atoms with Crippen LogP contribution < -0.4 is 5.32 Å². The van der Waals surface area contributed by atoms with Gasteiger partial charge in [0.25, 0.3) is 0 Å². The van der Waals surface area contributed by atoms with Crippen LogP contribution in [0.4, 0.5) is 0 Å². The summed E-state index contributed by atoms with van der Waals surface area (Å²) in [7, 11) is 0. The maximum Gasteiger partial charge on any atom is 0.130 e. The van der Waals surface area contributed by atoms with E-state index in [-0.39, 0.29) is 19.0 Å². The van der Waals surface area contributed by atoms with Crippen molar-refractivity contribution in [2.75, 3.05) is 33.0 Å². The molecule has 0 spiro atoms. The third-order valence-electron chi connectivity index (χ3n) is 3.28. The quantitative estimate of drug-likeness (QED) is 0.401. The molecule has 0 saturated carbocycles. The minimum Gasteiger partial charge on any atom is -0.396 e. The fraction of sp³-hybridized carbons (Fsp3) is 0.812. The van der Waals surface area contributed by atoms with Crippen molar-refractivity contribution in [3.8, 4) is 0 Å². The van der Waals surface area contributed by atoms with Crippen molar-refractivity contribution in [1.29, 1.82) is 0 Å². The van der Waals surface area contributed by atoms with Crippen LogP contribution in [-0.4, -0.2) is 49.0 Å². The Bertz CT molecular complexity index is 281. The lowest BCUT2D eigenvalue weighted by Gasteiger charge is -2.15. The van der Waals surface area contributed by atoms with Crippen LogP contribution in [0.3, 0.4) is 0 Å². The largest absolute Gasteiger partial charge is 0.396 e. The first-order valence-electron chi connectivity index (χ1n) is 7.80. The first kappa shape index (κ1) is 20.1. The van der Waals surface area contributed by atoms with Gasteiger partial charge in [-0.3, -0.25) is 0 Å². The van der Waals surface area contributed by atoms with Gasteiger partial charge in [0.2, 0.25) is 0 Å². The summed E-state index contributed by atoms with van der Waals surface area (Å²) in [5.41, 5.74) is 0.895. The molecule has 1 unspecified atom stereocenters. The van der Waals surface area contributed by atoms with Gasteiger partial charge >= 0.3 is 0 Å². The van der Waals surface area contributed by atoms with Gasteiger partial charge in [-0.1, -0.05) is 6.58 Å². The second-order valence-electron chi connectivity index (χ2n) is 5.40. The number of hydrogen-bond donors (Lipinski definition) is 3. The molecule has 0 rings (SSSR count). The zero-order chi connectivity index (χ0) is 15.9. The third-order valence-corrected chi connectivity index (χ3v) is 3.28. The second kappa shape index (κ2) is 14.0. The highest BCUT2D eigenvalue weighted by Crippen LogP contribution is 2.11. The Labute approximate surface area is 128 Å². The van der Waals surface area contributed by atoms with E-state index >= 15 is 0 Å². The van der Waals surface area contributed by atoms with E-state index in [1.165, 1.54) is 0 Å². The molecule has 0 fully saturated rings. The molecule has 5 heteroatoms. The molecule has 21 heavy (non-hydrogen) atoms. The number of ether oxygens (including phenoxy) is 1. The smallest absolute Gasteiger partial charge is 0.130 e. The predicted octanol–water partition coefficient (Wildman–Crippen LogP) is 1.64. The lowest BCUT2D eigenvalue weighted by atomic mass is 10.0. The third kappa shape index (κ3) is 13.8. The second-order valence-corrected chi connectivity index (χ2v) is 5.40. The maximum absolute atomic E-state index is 10.8. The van der Waals surface area contributed by atoms with Crippen LogP contribution in [0.25, 0.3) is 0 Å². The maximum atomic E-state index is 10.8. The van der Waals surface area contributed by atoms with Crippen molar-refractivity contribution in [3.05, 3.63) is 12.3 Å². The monoisotopic (exact) mass is 301 g/mol. The van der Waals surface area contributed by atoms with Crippen molar-refractivity contribution in [3.63, 3.8) is 0 Å². The van der Waals surface area contributed by atoms with Gasteiger partial charge in [-0.05, 0) is 44.9 Å². The van der Waals surface area contributed by atoms with Gasteiger partial charge in [-0.25, -0.2) is 0 Å². The van der Waals surface area contributed by atoms with E-state index in [9.17, 15) is 4.79 Å². The highest BCUT2D eigenvalue weighted by atomic mass is 16.5. The number of hydrogen-bond acceptors (Lipinski definition) is 5. The number of Topliss-reactive ketones (excluding diaryl/α,β-unsaturated/α-hetero) is 1. The Kier molecular flexibility index (Phi) is 13.4. The number of aliphatic hydroxyl groups excluding tert-OH is 2. The lowest BCUT2D eigenvalue weighted by Crippen LogP contribution is -2.18. The molecule has 5 nitrogen and oxygen atoms in total. The minimum absolute atomic E-state index is 0.164. The number of aliphatic hydroxyl groups is 2. The highest BCUT2D eigenvalue weighted by molar-refractivity contribution is 5.75. The molecular formula is C16H31NO4. The Balaban J connectivity index is 3.51. The molecular weight excluding hydrogens is 270 g/mol. The van der Waals surface area contributed by atoms with Crippen LogP contribution in [0.2, 0.25) is 0 Å². The van der Waals surface area contributed by atoms with E-state index in [1.54, 1.807) is 6.92 Å². The fourth-order valence-corrected chi connectivity index (χ4v) is 1.98. The van der Waals surface area contributed by atoms with Crippen molar-refractivity contribution < 1.29 is 19.7 Å². The number of carbonyl (C=O) groups is 1. The summed E-state index contributed by atoms with van der Waals surface area (Å²) in [5, 5.41) is 21.0. The Morgan fingerprint density at radius 2 is 1.95 bits per heavy atom. The van der Waals surface area contributed by atoms with Gasteiger partial charge in [0.05, 0.1) is 0 Å². The van der Waals surface area contributed by atoms with Gasteiger partial charge in [0.15, 0.2) is 0 Å². The van der Waals surface area contributed by atoms with E-state index in [1.807, 2.05) is 0 Å². The van der Waals surface area contributed by atoms with Gasteiger partial charge in [-0.2, -0.15) is 0 Å². The Morgan fingerprint density at radius 1 is 1.19 bits per heavy atom. The van der Waals surface area contributed by atoms with Gasteiger partial charge < -0.3 is 25.1 Å². The van der Waals surface area contributed by atoms with E-state index < -0.39 is 0 Å². The van der Waals surface area contributed by atoms with Crippen molar-refractivity contribution >= 4 is 5.78 Å². The molecule has 0 aliphatic carbocycles. The highest BCUT2D eigenvalue weighted by Gasteiger charge is 2.08. The van der Waals surface area contributed by atoms with Gasteiger partial charge in [0.1, 0.15) is 5.78 Å². The molecule has 0 amide bonds. The van der Waals surface area contributed by atoms with Gasteiger partial charge in [0, 0.05) is 45.1 Å². The lowest BCUT2D eigenvalue weighted by molar-refractivity contribution is -0.117. The molecule has 0 saturated heterocycles. The zero-order valence-electron chi connectivity index (χ0n) is 13.3. The van der Waals surface area contributed by atoms with Gasteiger partial charge in [-0.15, -0.1) is 0 Å². The molecule has 0 aromatic carbocycles. The molecule has 0 aliphatic rings. The van der Waals surface area contributed by atoms with E-state index in [0.29, 0.717) is 32.0 Å². The molecule has 0 radical (unpaired) electrons. The van der Waals surface area contributed by atoms with Crippen LogP contribution in [0, 0.1) is 5.92 Å². The van der Waals surface area contributed by atoms with E-state index in [4.69, 9.17) is 14.9 Å². The van der Waals surface area contributed by atoms with Crippen LogP contribution in [0.15, 0.2) is 12.3 Å². The standard InChI is InChI=1S/C16H31NO4/c1-14(6-7-15(2)20)17-9-4-12-21-13-16(8-11-19)5-3-10-18/h16-19H,1,3-13H2,2H3. The molecule has 0 aromatic rings. The van der Waals surface area contributed by atoms with Crippen LogP contribution in [0.1, 0.15) is 45.4 Å². The normalized spacial score (nSPS) is 12.1. The SMILES string of the molecule is C=C(CCC(C)=O)NCCCOCC(CCO)CCCO. The molecule has 0 aliphatic heterocycles. The average Bonchev–Trinajstić information content (AvgIpc) is 2.45. The molecule has 0 heterocycles. The number of allylic oxidation sites excluding steroid dienone is 1. The first-order valence-corrected chi connectivity index (χ1v) is 7.80. The summed E-state index contributed by atoms with van der Waals surface area (Å²) < 4.78 is 5.61. The summed E-state index contributed by atoms with van der Waals surface area (Å²) in [6.07, 6.45) is 4.47. The van der Waals surface area contributed by atoms with Crippen LogP contribution in [0.5, 0.6) is 0 Å². The molecule has 3 N–H and O–H groups in total. The molecule has 0 bridgehead atoms. The van der Waals surface area contributed by atoms with Crippen molar-refractivity contribution in [2.45, 2.75) is 45.4 Å². The summed E-state index contributed by atoms with van der Waals surface area (Å²) in [6.45, 7) is 7.89. The summed E-state index contributed by atoms with van der Waals surface area (Å²) in [4.78, 5) is 10.8.